The molecule has 12 nitrogen and oxygen atoms in total. The van der Waals surface area contributed by atoms with Crippen molar-refractivity contribution >= 4 is 86.4 Å². The zero-order valence-corrected chi connectivity index (χ0v) is 21.6. The minimum absolute atomic E-state index is 0.00205. The highest BCUT2D eigenvalue weighted by atomic mass is 35.5. The largest absolute Gasteiger partial charge is 0.481 e. The van der Waals surface area contributed by atoms with E-state index in [1.165, 1.54) is 39.8 Å². The SMILES string of the molecule is C#CCON=C(C(=O)NC1C(=O)N2CC(CSc3nncs3)(C(=O)O)CS[C@H]12)c1nc(N)sc1Cl. The van der Waals surface area contributed by atoms with E-state index >= 15 is 0 Å². The molecule has 4 N–H and O–H groups in total. The Morgan fingerprint density at radius 2 is 2.34 bits per heavy atom. The summed E-state index contributed by atoms with van der Waals surface area (Å²) in [5, 5.41) is 23.6. The summed E-state index contributed by atoms with van der Waals surface area (Å²) in [6.45, 7) is -0.188. The van der Waals surface area contributed by atoms with Crippen molar-refractivity contribution in [3.05, 3.63) is 15.5 Å². The number of hydrogen-bond acceptors (Lipinski definition) is 13. The summed E-state index contributed by atoms with van der Waals surface area (Å²) >= 11 is 11.0. The molecule has 0 aromatic carbocycles. The number of terminal acetylenes is 1. The highest BCUT2D eigenvalue weighted by molar-refractivity contribution is 8.01. The summed E-state index contributed by atoms with van der Waals surface area (Å²) in [6.07, 6.45) is 5.15. The molecule has 0 bridgehead atoms. The maximum absolute atomic E-state index is 13.0. The summed E-state index contributed by atoms with van der Waals surface area (Å²) < 4.78 is 0.770. The molecule has 2 aliphatic heterocycles. The molecular weight excluding hydrogens is 558 g/mol. The number of thiazole rings is 1. The number of nitrogens with zero attached hydrogens (tertiary/aromatic N) is 5. The Morgan fingerprint density at radius 3 is 2.97 bits per heavy atom. The van der Waals surface area contributed by atoms with Gasteiger partial charge in [0.25, 0.3) is 5.91 Å². The van der Waals surface area contributed by atoms with E-state index in [2.05, 4.69) is 31.6 Å². The number of fused-ring (bicyclic) bond motifs is 1. The molecule has 0 saturated carbocycles. The lowest BCUT2D eigenvalue weighted by Gasteiger charge is -2.53. The fourth-order valence-corrected chi connectivity index (χ4v) is 7.61. The van der Waals surface area contributed by atoms with Crippen molar-refractivity contribution in [2.45, 2.75) is 15.8 Å². The van der Waals surface area contributed by atoms with Crippen LogP contribution in [0.1, 0.15) is 5.69 Å². The molecule has 184 valence electrons. The predicted molar refractivity (Wildman–Crippen MR) is 133 cm³/mol. The fourth-order valence-electron chi connectivity index (χ4n) is 3.33. The lowest BCUT2D eigenvalue weighted by Crippen LogP contribution is -2.74. The van der Waals surface area contributed by atoms with Gasteiger partial charge in [0, 0.05) is 18.1 Å². The van der Waals surface area contributed by atoms with E-state index in [1.54, 1.807) is 5.51 Å². The number of carbonyl (C=O) groups is 3. The van der Waals surface area contributed by atoms with Gasteiger partial charge in [-0.1, -0.05) is 57.1 Å². The van der Waals surface area contributed by atoms with Crippen LogP contribution in [0, 0.1) is 17.8 Å². The molecule has 2 saturated heterocycles. The van der Waals surface area contributed by atoms with Crippen LogP contribution in [0.5, 0.6) is 0 Å². The summed E-state index contributed by atoms with van der Waals surface area (Å²) in [5.74, 6) is 0.527. The third kappa shape index (κ3) is 5.19. The summed E-state index contributed by atoms with van der Waals surface area (Å²) in [5.41, 5.74) is 5.79. The fraction of sp³-hybridized carbons (Fsp3) is 0.389. The molecule has 2 fully saturated rings. The third-order valence-corrected chi connectivity index (χ3v) is 9.86. The van der Waals surface area contributed by atoms with Crippen LogP contribution in [0.3, 0.4) is 0 Å². The van der Waals surface area contributed by atoms with Gasteiger partial charge in [-0.05, 0) is 0 Å². The minimum atomic E-state index is -1.16. The van der Waals surface area contributed by atoms with Gasteiger partial charge in [0.05, 0.1) is 0 Å². The van der Waals surface area contributed by atoms with Crippen LogP contribution in [0.15, 0.2) is 15.0 Å². The first kappa shape index (κ1) is 25.5. The van der Waals surface area contributed by atoms with Crippen molar-refractivity contribution in [1.29, 1.82) is 0 Å². The van der Waals surface area contributed by atoms with Crippen LogP contribution < -0.4 is 11.1 Å². The average molecular weight is 574 g/mol. The second-order valence-corrected chi connectivity index (χ2v) is 12.1. The number of aliphatic carboxylic acids is 1. The molecule has 35 heavy (non-hydrogen) atoms. The zero-order valence-electron chi connectivity index (χ0n) is 17.5. The Hall–Kier alpha value is -2.58. The second-order valence-electron chi connectivity index (χ2n) is 7.29. The van der Waals surface area contributed by atoms with E-state index < -0.39 is 34.6 Å². The number of rotatable bonds is 9. The highest BCUT2D eigenvalue weighted by Gasteiger charge is 2.57. The molecule has 2 amide bonds. The molecule has 3 atom stereocenters. The summed E-state index contributed by atoms with van der Waals surface area (Å²) in [4.78, 5) is 48.4. The van der Waals surface area contributed by atoms with Gasteiger partial charge in [-0.2, -0.15) is 0 Å². The monoisotopic (exact) mass is 573 g/mol. The molecule has 2 aromatic heterocycles. The van der Waals surface area contributed by atoms with E-state index in [0.717, 1.165) is 11.3 Å². The maximum atomic E-state index is 13.0. The minimum Gasteiger partial charge on any atom is -0.481 e. The number of anilines is 1. The van der Waals surface area contributed by atoms with Gasteiger partial charge in [0.1, 0.15) is 32.4 Å². The van der Waals surface area contributed by atoms with Gasteiger partial charge in [0.15, 0.2) is 21.8 Å². The lowest BCUT2D eigenvalue weighted by molar-refractivity contribution is -0.157. The van der Waals surface area contributed by atoms with Gasteiger partial charge in [0.2, 0.25) is 5.91 Å². The van der Waals surface area contributed by atoms with Gasteiger partial charge in [-0.15, -0.1) is 28.4 Å². The van der Waals surface area contributed by atoms with Crippen LogP contribution in [-0.2, 0) is 19.2 Å². The predicted octanol–water partition coefficient (Wildman–Crippen LogP) is 0.847. The van der Waals surface area contributed by atoms with E-state index in [4.69, 9.17) is 28.6 Å². The smallest absolute Gasteiger partial charge is 0.313 e. The van der Waals surface area contributed by atoms with Crippen molar-refractivity contribution in [3.63, 3.8) is 0 Å². The Bertz CT molecular complexity index is 1220. The van der Waals surface area contributed by atoms with E-state index in [9.17, 15) is 19.5 Å². The first-order valence-electron chi connectivity index (χ1n) is 9.66. The van der Waals surface area contributed by atoms with E-state index in [-0.39, 0.29) is 45.5 Å². The molecule has 4 heterocycles. The van der Waals surface area contributed by atoms with E-state index in [0.29, 0.717) is 4.34 Å². The van der Waals surface area contributed by atoms with Crippen molar-refractivity contribution < 1.29 is 24.3 Å². The molecule has 2 aliphatic rings. The van der Waals surface area contributed by atoms with Crippen molar-refractivity contribution in [1.82, 2.24) is 25.4 Å². The number of halogens is 1. The number of carboxylic acids is 1. The highest BCUT2D eigenvalue weighted by Crippen LogP contribution is 2.44. The molecule has 2 aromatic rings. The first-order chi connectivity index (χ1) is 16.8. The molecule has 0 spiro atoms. The normalized spacial score (nSPS) is 23.7. The topological polar surface area (TPSA) is 173 Å². The van der Waals surface area contributed by atoms with Crippen molar-refractivity contribution in [2.24, 2.45) is 10.6 Å². The summed E-state index contributed by atoms with van der Waals surface area (Å²) in [7, 11) is 0. The average Bonchev–Trinajstić information content (AvgIpc) is 3.47. The van der Waals surface area contributed by atoms with Crippen LogP contribution in [0.25, 0.3) is 0 Å². The van der Waals surface area contributed by atoms with Crippen molar-refractivity contribution in [3.8, 4) is 12.3 Å². The van der Waals surface area contributed by atoms with Crippen LogP contribution >= 0.6 is 57.8 Å². The maximum Gasteiger partial charge on any atom is 0.313 e. The molecule has 0 aliphatic carbocycles. The molecular formula is C18H16ClN7O5S4. The van der Waals surface area contributed by atoms with Gasteiger partial charge < -0.3 is 25.9 Å². The summed E-state index contributed by atoms with van der Waals surface area (Å²) in [6, 6.07) is -0.886. The zero-order chi connectivity index (χ0) is 25.2. The molecule has 17 heteroatoms. The molecule has 0 radical (unpaired) electrons. The number of nitrogen functional groups attached to an aromatic ring is 1. The number of nitrogens with two attached hydrogens (primary N) is 1. The quantitative estimate of drug-likeness (QED) is 0.0968. The van der Waals surface area contributed by atoms with Gasteiger partial charge >= 0.3 is 5.97 Å². The number of aromatic nitrogens is 3. The number of amides is 2. The Balaban J connectivity index is 1.45. The number of hydrogen-bond donors (Lipinski definition) is 3. The number of carboxylic acid groups (broad SMARTS) is 1. The standard InChI is InChI=1S/C18H16ClN7O5S4/c1-2-3-31-25-9(8-11(19)35-16(20)23-8)12(27)22-10-13(28)26-4-18(15(29)30,5-32-14(10)26)6-33-17-24-21-7-34-17/h1,7,10,14H,3-6H2,(H2,20,23)(H,22,27)(H,29,30)/t10?,14-,18?/m1/s1. The van der Waals surface area contributed by atoms with Crippen molar-refractivity contribution in [2.75, 3.05) is 30.4 Å². The number of oxime groups is 1. The third-order valence-electron chi connectivity index (χ3n) is 5.04. The molecule has 2 unspecified atom stereocenters. The number of thioether (sulfide) groups is 2. The van der Waals surface area contributed by atoms with Crippen LogP contribution in [0.4, 0.5) is 5.13 Å². The Morgan fingerprint density at radius 1 is 1.54 bits per heavy atom. The van der Waals surface area contributed by atoms with E-state index in [1.807, 2.05) is 0 Å². The Kier molecular flexibility index (Phi) is 7.71. The van der Waals surface area contributed by atoms with Gasteiger partial charge in [-0.25, -0.2) is 4.98 Å². The van der Waals surface area contributed by atoms with Crippen LogP contribution in [0.2, 0.25) is 4.34 Å². The Labute approximate surface area is 220 Å². The van der Waals surface area contributed by atoms with Crippen LogP contribution in [-0.4, -0.2) is 84.8 Å². The number of carbonyl (C=O) groups excluding carboxylic acids is 2. The molecule has 4 rings (SSSR count). The number of nitrogens with one attached hydrogen (secondary N) is 1. The van der Waals surface area contributed by atoms with Gasteiger partial charge in [-0.3, -0.25) is 14.4 Å². The first-order valence-corrected chi connectivity index (χ1v) is 13.8. The number of β-lactam (4-membered cyclic amide) rings is 1. The second kappa shape index (κ2) is 10.6. The lowest BCUT2D eigenvalue weighted by atomic mass is 9.89.